The predicted octanol–water partition coefficient (Wildman–Crippen LogP) is 1.50. The molecular formula is C18H17N2O5-. The summed E-state index contributed by atoms with van der Waals surface area (Å²) in [4.78, 5) is 23.1. The van der Waals surface area contributed by atoms with Crippen LogP contribution in [0.25, 0.3) is 0 Å². The normalized spacial score (nSPS) is 16.6. The van der Waals surface area contributed by atoms with E-state index in [1.165, 1.54) is 11.3 Å². The zero-order valence-corrected chi connectivity index (χ0v) is 13.7. The Morgan fingerprint density at radius 3 is 2.84 bits per heavy atom. The van der Waals surface area contributed by atoms with E-state index in [4.69, 9.17) is 9.15 Å². The number of nitrogens with zero attached hydrogens (tertiary/aromatic N) is 2. The van der Waals surface area contributed by atoms with Crippen LogP contribution in [0.3, 0.4) is 0 Å². The molecule has 0 unspecified atom stereocenters. The molecule has 0 N–H and O–H groups in total. The number of furan rings is 1. The summed E-state index contributed by atoms with van der Waals surface area (Å²) in [5.41, 5.74) is 1.55. The summed E-state index contributed by atoms with van der Waals surface area (Å²) in [6, 6.07) is 10.5. The number of hydrogen-bond acceptors (Lipinski definition) is 6. The number of carboxylic acid groups (broad SMARTS) is 1. The van der Waals surface area contributed by atoms with Crippen LogP contribution in [0.2, 0.25) is 0 Å². The van der Waals surface area contributed by atoms with E-state index in [0.29, 0.717) is 23.6 Å². The summed E-state index contributed by atoms with van der Waals surface area (Å²) in [6.45, 7) is 0. The van der Waals surface area contributed by atoms with Gasteiger partial charge in [0.25, 0.3) is 0 Å². The monoisotopic (exact) mass is 341 g/mol. The van der Waals surface area contributed by atoms with Crippen LogP contribution in [-0.4, -0.2) is 29.7 Å². The lowest BCUT2D eigenvalue weighted by molar-refractivity contribution is -0.305. The first-order chi connectivity index (χ1) is 12.1. The molecule has 3 rings (SSSR count). The van der Waals surface area contributed by atoms with Gasteiger partial charge in [0, 0.05) is 24.4 Å². The third-order valence-corrected chi connectivity index (χ3v) is 3.98. The molecule has 2 aromatic rings. The summed E-state index contributed by atoms with van der Waals surface area (Å²) in [5.74, 6) is -0.359. The highest BCUT2D eigenvalue weighted by molar-refractivity contribution is 6.03. The van der Waals surface area contributed by atoms with Crippen LogP contribution < -0.4 is 9.84 Å². The van der Waals surface area contributed by atoms with Crippen molar-refractivity contribution in [2.24, 2.45) is 5.10 Å². The largest absolute Gasteiger partial charge is 0.550 e. The van der Waals surface area contributed by atoms with Gasteiger partial charge in [0.15, 0.2) is 0 Å². The maximum Gasteiger partial charge on any atom is 0.243 e. The predicted molar refractivity (Wildman–Crippen MR) is 86.7 cm³/mol. The molecule has 130 valence electrons. The second-order valence-electron chi connectivity index (χ2n) is 5.62. The van der Waals surface area contributed by atoms with Crippen molar-refractivity contribution >= 4 is 17.6 Å². The zero-order chi connectivity index (χ0) is 17.8. The number of rotatable bonds is 6. The van der Waals surface area contributed by atoms with Crippen molar-refractivity contribution in [1.82, 2.24) is 5.01 Å². The molecule has 25 heavy (non-hydrogen) atoms. The summed E-state index contributed by atoms with van der Waals surface area (Å²) in [5, 5.41) is 16.4. The Labute approximate surface area is 144 Å². The van der Waals surface area contributed by atoms with E-state index < -0.39 is 12.0 Å². The van der Waals surface area contributed by atoms with Gasteiger partial charge >= 0.3 is 0 Å². The smallest absolute Gasteiger partial charge is 0.243 e. The molecule has 0 bridgehead atoms. The summed E-state index contributed by atoms with van der Waals surface area (Å²) < 4.78 is 10.7. The molecule has 2 heterocycles. The van der Waals surface area contributed by atoms with Crippen molar-refractivity contribution in [3.63, 3.8) is 0 Å². The molecule has 0 fully saturated rings. The van der Waals surface area contributed by atoms with E-state index in [1.807, 2.05) is 24.3 Å². The van der Waals surface area contributed by atoms with E-state index in [1.54, 1.807) is 19.2 Å². The highest BCUT2D eigenvalue weighted by atomic mass is 16.5. The second-order valence-corrected chi connectivity index (χ2v) is 5.62. The molecule has 7 nitrogen and oxygen atoms in total. The second kappa shape index (κ2) is 7.21. The Bertz CT molecular complexity index is 798. The Morgan fingerprint density at radius 2 is 2.16 bits per heavy atom. The molecule has 1 atom stereocenters. The maximum atomic E-state index is 12.4. The Kier molecular flexibility index (Phi) is 4.83. The molecule has 1 aromatic carbocycles. The minimum absolute atomic E-state index is 0.172. The number of carboxylic acids is 1. The molecule has 7 heteroatoms. The standard InChI is InChI=1S/C18H18N2O5/c1-24-13-5-2-4-12(10-13)14-11-15(16-6-3-9-25-16)20(19-14)17(21)7-8-18(22)23/h2-6,9-10,15H,7-8,11H2,1H3,(H,22,23)/p-1/t15-/m0/s1. The minimum Gasteiger partial charge on any atom is -0.550 e. The Morgan fingerprint density at radius 1 is 1.32 bits per heavy atom. The van der Waals surface area contributed by atoms with Crippen LogP contribution in [0.15, 0.2) is 52.2 Å². The summed E-state index contributed by atoms with van der Waals surface area (Å²) in [7, 11) is 1.58. The number of aliphatic carboxylic acids is 1. The first-order valence-corrected chi connectivity index (χ1v) is 7.85. The average molecular weight is 341 g/mol. The highest BCUT2D eigenvalue weighted by Crippen LogP contribution is 2.34. The van der Waals surface area contributed by atoms with Gasteiger partial charge in [-0.2, -0.15) is 5.10 Å². The number of amides is 1. The average Bonchev–Trinajstić information content (AvgIpc) is 3.28. The molecule has 0 radical (unpaired) electrons. The van der Waals surface area contributed by atoms with Gasteiger partial charge in [0.05, 0.1) is 19.1 Å². The van der Waals surface area contributed by atoms with Gasteiger partial charge in [-0.25, -0.2) is 5.01 Å². The number of carbonyl (C=O) groups excluding carboxylic acids is 2. The van der Waals surface area contributed by atoms with Gasteiger partial charge in [-0.05, 0) is 30.7 Å². The van der Waals surface area contributed by atoms with Gasteiger partial charge in [-0.3, -0.25) is 4.79 Å². The fourth-order valence-corrected chi connectivity index (χ4v) is 2.74. The van der Waals surface area contributed by atoms with Crippen LogP contribution in [0.5, 0.6) is 5.75 Å². The zero-order valence-electron chi connectivity index (χ0n) is 13.7. The van der Waals surface area contributed by atoms with Gasteiger partial charge in [0.1, 0.15) is 17.6 Å². The third kappa shape index (κ3) is 3.71. The maximum absolute atomic E-state index is 12.4. The van der Waals surface area contributed by atoms with Crippen LogP contribution in [-0.2, 0) is 9.59 Å². The fraction of sp³-hybridized carbons (Fsp3) is 0.278. The molecule has 1 aliphatic heterocycles. The van der Waals surface area contributed by atoms with E-state index in [0.717, 1.165) is 5.56 Å². The van der Waals surface area contributed by atoms with Crippen LogP contribution in [0.1, 0.15) is 36.6 Å². The lowest BCUT2D eigenvalue weighted by Gasteiger charge is -2.19. The Hall–Kier alpha value is -3.09. The third-order valence-electron chi connectivity index (χ3n) is 3.98. The van der Waals surface area contributed by atoms with Gasteiger partial charge in [0.2, 0.25) is 5.91 Å². The van der Waals surface area contributed by atoms with Gasteiger partial charge in [-0.1, -0.05) is 12.1 Å². The molecule has 0 saturated carbocycles. The quantitative estimate of drug-likeness (QED) is 0.793. The molecule has 1 amide bonds. The SMILES string of the molecule is COc1cccc(C2=NN(C(=O)CCC(=O)[O-])[C@H](c3ccco3)C2)c1. The fourth-order valence-electron chi connectivity index (χ4n) is 2.74. The highest BCUT2D eigenvalue weighted by Gasteiger charge is 2.34. The number of carbonyl (C=O) groups is 2. The van der Waals surface area contributed by atoms with Crippen molar-refractivity contribution in [1.29, 1.82) is 0 Å². The molecule has 0 aliphatic carbocycles. The van der Waals surface area contributed by atoms with Crippen molar-refractivity contribution < 1.29 is 23.8 Å². The number of ether oxygens (including phenoxy) is 1. The minimum atomic E-state index is -1.26. The van der Waals surface area contributed by atoms with Crippen LogP contribution >= 0.6 is 0 Å². The van der Waals surface area contributed by atoms with Gasteiger partial charge < -0.3 is 19.1 Å². The van der Waals surface area contributed by atoms with Crippen molar-refractivity contribution in [2.75, 3.05) is 7.11 Å². The summed E-state index contributed by atoms with van der Waals surface area (Å²) in [6.07, 6.45) is 1.49. The molecular weight excluding hydrogens is 324 g/mol. The Balaban J connectivity index is 1.88. The molecule has 1 aliphatic rings. The number of hydrogen-bond donors (Lipinski definition) is 0. The topological polar surface area (TPSA) is 95.2 Å². The number of hydrazone groups is 1. The first kappa shape index (κ1) is 16.8. The van der Waals surface area contributed by atoms with E-state index in [-0.39, 0.29) is 18.7 Å². The van der Waals surface area contributed by atoms with E-state index in [9.17, 15) is 14.7 Å². The van der Waals surface area contributed by atoms with Crippen LogP contribution in [0, 0.1) is 0 Å². The van der Waals surface area contributed by atoms with Crippen molar-refractivity contribution in [2.45, 2.75) is 25.3 Å². The number of benzene rings is 1. The summed E-state index contributed by atoms with van der Waals surface area (Å²) >= 11 is 0. The van der Waals surface area contributed by atoms with Gasteiger partial charge in [-0.15, -0.1) is 0 Å². The molecule has 0 saturated heterocycles. The van der Waals surface area contributed by atoms with Crippen molar-refractivity contribution in [3.05, 3.63) is 54.0 Å². The first-order valence-electron chi connectivity index (χ1n) is 7.85. The van der Waals surface area contributed by atoms with Crippen molar-refractivity contribution in [3.8, 4) is 5.75 Å². The molecule has 1 aromatic heterocycles. The van der Waals surface area contributed by atoms with E-state index in [2.05, 4.69) is 5.10 Å². The lowest BCUT2D eigenvalue weighted by Crippen LogP contribution is -2.29. The van der Waals surface area contributed by atoms with Crippen LogP contribution in [0.4, 0.5) is 0 Å². The number of methoxy groups -OCH3 is 1. The molecule has 0 spiro atoms. The van der Waals surface area contributed by atoms with E-state index >= 15 is 0 Å². The lowest BCUT2D eigenvalue weighted by atomic mass is 10.0.